The topological polar surface area (TPSA) is 42.0 Å². The van der Waals surface area contributed by atoms with Gasteiger partial charge in [-0.25, -0.2) is 4.98 Å². The van der Waals surface area contributed by atoms with Crippen LogP contribution in [0.3, 0.4) is 0 Å². The van der Waals surface area contributed by atoms with Gasteiger partial charge in [-0.15, -0.1) is 11.3 Å². The summed E-state index contributed by atoms with van der Waals surface area (Å²) in [5, 5.41) is 3.41. The predicted molar refractivity (Wildman–Crippen MR) is 66.5 cm³/mol. The average molecular weight is 307 g/mol. The molecular formula is C11H6ClF3N2OS. The smallest absolute Gasteiger partial charge is 0.321 e. The second-order valence-electron chi connectivity index (χ2n) is 3.52. The molecule has 1 heterocycles. The largest absolute Gasteiger partial charge is 0.417 e. The molecule has 0 aliphatic carbocycles. The molecular weight excluding hydrogens is 301 g/mol. The Kier molecular flexibility index (Phi) is 3.77. The molecule has 1 N–H and O–H groups in total. The number of rotatable bonds is 2. The van der Waals surface area contributed by atoms with Crippen LogP contribution in [0.15, 0.2) is 29.1 Å². The van der Waals surface area contributed by atoms with Gasteiger partial charge in [-0.3, -0.25) is 4.79 Å². The summed E-state index contributed by atoms with van der Waals surface area (Å²) in [5.74, 6) is -0.573. The van der Waals surface area contributed by atoms with Crippen LogP contribution in [0.2, 0.25) is 5.02 Å². The van der Waals surface area contributed by atoms with Crippen LogP contribution in [0.1, 0.15) is 16.1 Å². The Bertz CT molecular complexity index is 598. The number of halogens is 4. The number of thiazole rings is 1. The Balaban J connectivity index is 2.25. The highest BCUT2D eigenvalue weighted by Gasteiger charge is 2.33. The van der Waals surface area contributed by atoms with Crippen molar-refractivity contribution in [3.05, 3.63) is 45.4 Å². The third kappa shape index (κ3) is 3.24. The second-order valence-corrected chi connectivity index (χ2v) is 4.65. The van der Waals surface area contributed by atoms with Crippen molar-refractivity contribution in [2.45, 2.75) is 6.18 Å². The lowest BCUT2D eigenvalue weighted by atomic mass is 10.2. The Morgan fingerprint density at radius 3 is 2.68 bits per heavy atom. The normalized spacial score (nSPS) is 11.4. The van der Waals surface area contributed by atoms with Crippen LogP contribution in [-0.4, -0.2) is 10.9 Å². The molecule has 0 unspecified atom stereocenters. The van der Waals surface area contributed by atoms with Crippen LogP contribution >= 0.6 is 22.9 Å². The Morgan fingerprint density at radius 2 is 2.11 bits per heavy atom. The summed E-state index contributed by atoms with van der Waals surface area (Å²) < 4.78 is 37.9. The van der Waals surface area contributed by atoms with Crippen LogP contribution in [0.4, 0.5) is 18.9 Å². The maximum Gasteiger partial charge on any atom is 0.417 e. The molecule has 0 aliphatic heterocycles. The summed E-state index contributed by atoms with van der Waals surface area (Å²) in [7, 11) is 0. The van der Waals surface area contributed by atoms with Gasteiger partial charge in [-0.05, 0) is 18.2 Å². The molecule has 0 saturated carbocycles. The summed E-state index contributed by atoms with van der Waals surface area (Å²) in [6, 6.07) is 3.16. The first kappa shape index (κ1) is 13.8. The van der Waals surface area contributed by atoms with E-state index in [0.29, 0.717) is 0 Å². The number of benzene rings is 1. The van der Waals surface area contributed by atoms with Crippen molar-refractivity contribution in [3.8, 4) is 0 Å². The van der Waals surface area contributed by atoms with Gasteiger partial charge in [-0.2, -0.15) is 13.2 Å². The molecule has 2 aromatic rings. The SMILES string of the molecule is O=C(Nc1ccc(Cl)c(C(F)(F)F)c1)c1cscn1. The van der Waals surface area contributed by atoms with Gasteiger partial charge in [0.05, 0.1) is 16.1 Å². The molecule has 100 valence electrons. The molecule has 0 saturated heterocycles. The number of carbonyl (C=O) groups excluding carboxylic acids is 1. The number of nitrogens with one attached hydrogen (secondary N) is 1. The van der Waals surface area contributed by atoms with Crippen molar-refractivity contribution in [2.75, 3.05) is 5.32 Å². The second kappa shape index (κ2) is 5.18. The van der Waals surface area contributed by atoms with Crippen molar-refractivity contribution < 1.29 is 18.0 Å². The van der Waals surface area contributed by atoms with E-state index in [1.807, 2.05) is 0 Å². The van der Waals surface area contributed by atoms with E-state index in [1.165, 1.54) is 28.3 Å². The molecule has 1 aromatic carbocycles. The van der Waals surface area contributed by atoms with Crippen LogP contribution in [0, 0.1) is 0 Å². The molecule has 1 amide bonds. The number of aromatic nitrogens is 1. The van der Waals surface area contributed by atoms with Crippen LogP contribution in [0.25, 0.3) is 0 Å². The Labute approximate surface area is 115 Å². The minimum Gasteiger partial charge on any atom is -0.321 e. The molecule has 0 aliphatic rings. The Morgan fingerprint density at radius 1 is 1.37 bits per heavy atom. The summed E-state index contributed by atoms with van der Waals surface area (Å²) in [6.45, 7) is 0. The van der Waals surface area contributed by atoms with E-state index < -0.39 is 22.7 Å². The maximum atomic E-state index is 12.6. The Hall–Kier alpha value is -1.60. The summed E-state index contributed by atoms with van der Waals surface area (Å²) in [6.07, 6.45) is -4.57. The zero-order valence-electron chi connectivity index (χ0n) is 9.16. The van der Waals surface area contributed by atoms with Crippen molar-refractivity contribution in [1.82, 2.24) is 4.98 Å². The minimum absolute atomic E-state index is 0.00900. The van der Waals surface area contributed by atoms with Gasteiger partial charge < -0.3 is 5.32 Å². The summed E-state index contributed by atoms with van der Waals surface area (Å²) >= 11 is 6.69. The number of amides is 1. The molecule has 3 nitrogen and oxygen atoms in total. The highest BCUT2D eigenvalue weighted by atomic mass is 35.5. The van der Waals surface area contributed by atoms with Crippen LogP contribution in [-0.2, 0) is 6.18 Å². The van der Waals surface area contributed by atoms with Gasteiger partial charge in [0.25, 0.3) is 5.91 Å². The van der Waals surface area contributed by atoms with Crippen molar-refractivity contribution in [2.24, 2.45) is 0 Å². The van der Waals surface area contributed by atoms with E-state index in [0.717, 1.165) is 12.1 Å². The quantitative estimate of drug-likeness (QED) is 0.909. The van der Waals surface area contributed by atoms with Crippen LogP contribution < -0.4 is 5.32 Å². The van der Waals surface area contributed by atoms with Crippen molar-refractivity contribution in [3.63, 3.8) is 0 Å². The van der Waals surface area contributed by atoms with Crippen molar-refractivity contribution in [1.29, 1.82) is 0 Å². The number of alkyl halides is 3. The van der Waals surface area contributed by atoms with E-state index in [4.69, 9.17) is 11.6 Å². The molecule has 0 bridgehead atoms. The first-order valence-electron chi connectivity index (χ1n) is 4.94. The number of hydrogen-bond acceptors (Lipinski definition) is 3. The first-order valence-corrected chi connectivity index (χ1v) is 6.26. The summed E-state index contributed by atoms with van der Waals surface area (Å²) in [5.41, 5.74) is 0.617. The van der Waals surface area contributed by atoms with Gasteiger partial charge >= 0.3 is 6.18 Å². The molecule has 19 heavy (non-hydrogen) atoms. The fourth-order valence-electron chi connectivity index (χ4n) is 1.34. The van der Waals surface area contributed by atoms with Gasteiger partial charge in [0.15, 0.2) is 0 Å². The highest BCUT2D eigenvalue weighted by molar-refractivity contribution is 7.07. The summed E-state index contributed by atoms with van der Waals surface area (Å²) in [4.78, 5) is 15.4. The maximum absolute atomic E-state index is 12.6. The molecule has 0 radical (unpaired) electrons. The van der Waals surface area contributed by atoms with Crippen LogP contribution in [0.5, 0.6) is 0 Å². The van der Waals surface area contributed by atoms with E-state index in [9.17, 15) is 18.0 Å². The van der Waals surface area contributed by atoms with Gasteiger partial charge in [0, 0.05) is 11.1 Å². The van der Waals surface area contributed by atoms with E-state index in [1.54, 1.807) is 0 Å². The average Bonchev–Trinajstić information content (AvgIpc) is 2.83. The standard InChI is InChI=1S/C11H6ClF3N2OS/c12-8-2-1-6(3-7(8)11(13,14)15)17-10(18)9-4-19-5-16-9/h1-5H,(H,17,18). The lowest BCUT2D eigenvalue weighted by Crippen LogP contribution is -2.13. The van der Waals surface area contributed by atoms with E-state index >= 15 is 0 Å². The molecule has 0 spiro atoms. The lowest BCUT2D eigenvalue weighted by molar-refractivity contribution is -0.137. The third-order valence-electron chi connectivity index (χ3n) is 2.19. The van der Waals surface area contributed by atoms with Gasteiger partial charge in [0.1, 0.15) is 5.69 Å². The van der Waals surface area contributed by atoms with Crippen molar-refractivity contribution >= 4 is 34.5 Å². The molecule has 8 heteroatoms. The molecule has 1 aromatic heterocycles. The number of hydrogen-bond donors (Lipinski definition) is 1. The zero-order valence-corrected chi connectivity index (χ0v) is 10.7. The van der Waals surface area contributed by atoms with E-state index in [2.05, 4.69) is 10.3 Å². The predicted octanol–water partition coefficient (Wildman–Crippen LogP) is 4.07. The highest BCUT2D eigenvalue weighted by Crippen LogP contribution is 2.36. The number of carbonyl (C=O) groups is 1. The van der Waals surface area contributed by atoms with Gasteiger partial charge in [-0.1, -0.05) is 11.6 Å². The lowest BCUT2D eigenvalue weighted by Gasteiger charge is -2.11. The first-order chi connectivity index (χ1) is 8.88. The minimum atomic E-state index is -4.57. The third-order valence-corrected chi connectivity index (χ3v) is 3.11. The number of nitrogens with zero attached hydrogens (tertiary/aromatic N) is 1. The molecule has 0 fully saturated rings. The zero-order chi connectivity index (χ0) is 14.0. The molecule has 0 atom stereocenters. The van der Waals surface area contributed by atoms with Gasteiger partial charge in [0.2, 0.25) is 0 Å². The monoisotopic (exact) mass is 306 g/mol. The number of anilines is 1. The fourth-order valence-corrected chi connectivity index (χ4v) is 2.10. The molecule has 2 rings (SSSR count). The van der Waals surface area contributed by atoms with E-state index in [-0.39, 0.29) is 11.4 Å². The fraction of sp³-hybridized carbons (Fsp3) is 0.0909.